The van der Waals surface area contributed by atoms with Crippen LogP contribution < -0.4 is 5.32 Å². The zero-order chi connectivity index (χ0) is 14.0. The van der Waals surface area contributed by atoms with E-state index in [1.165, 1.54) is 0 Å². The maximum absolute atomic E-state index is 11.9. The lowest BCUT2D eigenvalue weighted by Gasteiger charge is -2.17. The Morgan fingerprint density at radius 1 is 1.42 bits per heavy atom. The number of aliphatic carboxylic acids is 1. The van der Waals surface area contributed by atoms with E-state index in [4.69, 9.17) is 16.7 Å². The van der Waals surface area contributed by atoms with Crippen molar-refractivity contribution in [3.8, 4) is 0 Å². The summed E-state index contributed by atoms with van der Waals surface area (Å²) in [7, 11) is 0. The van der Waals surface area contributed by atoms with Crippen LogP contribution in [-0.4, -0.2) is 17.0 Å². The van der Waals surface area contributed by atoms with Crippen LogP contribution in [0.3, 0.4) is 0 Å². The number of nitrogens with one attached hydrogen (secondary N) is 1. The molecule has 0 aromatic heterocycles. The molecule has 0 heterocycles. The van der Waals surface area contributed by atoms with Crippen molar-refractivity contribution in [2.75, 3.05) is 0 Å². The zero-order valence-electron chi connectivity index (χ0n) is 10.6. The minimum Gasteiger partial charge on any atom is -0.481 e. The zero-order valence-corrected chi connectivity index (χ0v) is 11.4. The normalized spacial score (nSPS) is 22.6. The number of hydrogen-bond donors (Lipinski definition) is 2. The standard InChI is InChI=1S/C14H16ClNO3/c1-8-6-11(8)14(19)16-12(7-13(17)18)9-2-4-10(15)5-3-9/h2-5,8,11-12H,6-7H2,1H3,(H,16,19)(H,17,18)/t8-,11+,12-/m1/s1. The van der Waals surface area contributed by atoms with Crippen LogP contribution >= 0.6 is 11.6 Å². The molecule has 0 aliphatic heterocycles. The third kappa shape index (κ3) is 3.70. The van der Waals surface area contributed by atoms with Crippen molar-refractivity contribution >= 4 is 23.5 Å². The topological polar surface area (TPSA) is 66.4 Å². The van der Waals surface area contributed by atoms with Gasteiger partial charge in [-0.05, 0) is 30.0 Å². The SMILES string of the molecule is C[C@@H]1C[C@@H]1C(=O)N[C@H](CC(=O)O)c1ccc(Cl)cc1. The van der Waals surface area contributed by atoms with E-state index in [0.29, 0.717) is 10.9 Å². The molecule has 1 aromatic rings. The second kappa shape index (κ2) is 5.61. The number of carbonyl (C=O) groups is 2. The predicted molar refractivity (Wildman–Crippen MR) is 71.9 cm³/mol. The third-order valence-electron chi connectivity index (χ3n) is 3.41. The Balaban J connectivity index is 2.09. The van der Waals surface area contributed by atoms with Crippen molar-refractivity contribution in [1.29, 1.82) is 0 Å². The molecular formula is C14H16ClNO3. The molecule has 0 saturated heterocycles. The number of benzene rings is 1. The number of carbonyl (C=O) groups excluding carboxylic acids is 1. The van der Waals surface area contributed by atoms with Crippen LogP contribution in [0.2, 0.25) is 5.02 Å². The summed E-state index contributed by atoms with van der Waals surface area (Å²) in [6.07, 6.45) is 0.751. The van der Waals surface area contributed by atoms with E-state index in [1.807, 2.05) is 6.92 Å². The number of carboxylic acid groups (broad SMARTS) is 1. The lowest BCUT2D eigenvalue weighted by molar-refractivity contribution is -0.137. The van der Waals surface area contributed by atoms with Gasteiger partial charge in [0.1, 0.15) is 0 Å². The van der Waals surface area contributed by atoms with Gasteiger partial charge in [0, 0.05) is 10.9 Å². The number of carboxylic acids is 1. The lowest BCUT2D eigenvalue weighted by Crippen LogP contribution is -2.31. The van der Waals surface area contributed by atoms with Crippen LogP contribution in [0.25, 0.3) is 0 Å². The van der Waals surface area contributed by atoms with Crippen LogP contribution in [0, 0.1) is 11.8 Å². The number of amides is 1. The van der Waals surface area contributed by atoms with Gasteiger partial charge in [-0.3, -0.25) is 9.59 Å². The second-order valence-electron chi connectivity index (χ2n) is 5.03. The van der Waals surface area contributed by atoms with E-state index < -0.39 is 12.0 Å². The molecule has 4 nitrogen and oxygen atoms in total. The van der Waals surface area contributed by atoms with Gasteiger partial charge in [-0.25, -0.2) is 0 Å². The summed E-state index contributed by atoms with van der Waals surface area (Å²) in [4.78, 5) is 22.8. The molecule has 5 heteroatoms. The molecule has 1 aliphatic rings. The number of rotatable bonds is 5. The van der Waals surface area contributed by atoms with Gasteiger partial charge in [0.05, 0.1) is 12.5 Å². The second-order valence-corrected chi connectivity index (χ2v) is 5.47. The van der Waals surface area contributed by atoms with Crippen molar-refractivity contribution < 1.29 is 14.7 Å². The maximum Gasteiger partial charge on any atom is 0.305 e. The van der Waals surface area contributed by atoms with Gasteiger partial charge >= 0.3 is 5.97 Å². The first-order valence-corrected chi connectivity index (χ1v) is 6.63. The maximum atomic E-state index is 11.9. The van der Waals surface area contributed by atoms with E-state index in [9.17, 15) is 9.59 Å². The Morgan fingerprint density at radius 3 is 2.47 bits per heavy atom. The first-order valence-electron chi connectivity index (χ1n) is 6.25. The van der Waals surface area contributed by atoms with E-state index in [1.54, 1.807) is 24.3 Å². The predicted octanol–water partition coefficient (Wildman–Crippen LogP) is 2.63. The Morgan fingerprint density at radius 2 is 2.00 bits per heavy atom. The molecule has 102 valence electrons. The highest BCUT2D eigenvalue weighted by atomic mass is 35.5. The van der Waals surface area contributed by atoms with Gasteiger partial charge in [0.2, 0.25) is 5.91 Å². The third-order valence-corrected chi connectivity index (χ3v) is 3.67. The first-order chi connectivity index (χ1) is 8.97. The van der Waals surface area contributed by atoms with Gasteiger partial charge in [0.25, 0.3) is 0 Å². The fourth-order valence-corrected chi connectivity index (χ4v) is 2.21. The minimum absolute atomic E-state index is 0.0311. The molecule has 1 amide bonds. The van der Waals surface area contributed by atoms with Gasteiger partial charge in [0.15, 0.2) is 0 Å². The van der Waals surface area contributed by atoms with E-state index in [-0.39, 0.29) is 18.2 Å². The molecule has 0 unspecified atom stereocenters. The van der Waals surface area contributed by atoms with Gasteiger partial charge in [-0.1, -0.05) is 30.7 Å². The van der Waals surface area contributed by atoms with Crippen LogP contribution in [-0.2, 0) is 9.59 Å². The largest absolute Gasteiger partial charge is 0.481 e. The molecule has 1 aliphatic carbocycles. The summed E-state index contributed by atoms with van der Waals surface area (Å²) in [5.41, 5.74) is 0.758. The van der Waals surface area contributed by atoms with Gasteiger partial charge in [-0.2, -0.15) is 0 Å². The van der Waals surface area contributed by atoms with Crippen LogP contribution in [0.1, 0.15) is 31.4 Å². The summed E-state index contributed by atoms with van der Waals surface area (Å²) < 4.78 is 0. The number of halogens is 1. The fourth-order valence-electron chi connectivity index (χ4n) is 2.09. The highest BCUT2D eigenvalue weighted by Gasteiger charge is 2.39. The number of hydrogen-bond acceptors (Lipinski definition) is 2. The summed E-state index contributed by atoms with van der Waals surface area (Å²) in [6, 6.07) is 6.36. The van der Waals surface area contributed by atoms with Crippen molar-refractivity contribution in [2.24, 2.45) is 11.8 Å². The van der Waals surface area contributed by atoms with E-state index in [2.05, 4.69) is 5.32 Å². The Hall–Kier alpha value is -1.55. The molecular weight excluding hydrogens is 266 g/mol. The van der Waals surface area contributed by atoms with E-state index in [0.717, 1.165) is 12.0 Å². The lowest BCUT2D eigenvalue weighted by atomic mass is 10.0. The Bertz CT molecular complexity index is 486. The van der Waals surface area contributed by atoms with Gasteiger partial charge in [-0.15, -0.1) is 0 Å². The van der Waals surface area contributed by atoms with Crippen molar-refractivity contribution in [2.45, 2.75) is 25.8 Å². The first kappa shape index (κ1) is 13.9. The van der Waals surface area contributed by atoms with E-state index >= 15 is 0 Å². The Labute approximate surface area is 116 Å². The highest BCUT2D eigenvalue weighted by Crippen LogP contribution is 2.38. The monoisotopic (exact) mass is 281 g/mol. The van der Waals surface area contributed by atoms with Crippen molar-refractivity contribution in [3.05, 3.63) is 34.9 Å². The molecule has 1 aromatic carbocycles. The fraction of sp³-hybridized carbons (Fsp3) is 0.429. The Kier molecular flexibility index (Phi) is 4.10. The minimum atomic E-state index is -0.941. The summed E-state index contributed by atoms with van der Waals surface area (Å²) in [5, 5.41) is 12.3. The summed E-state index contributed by atoms with van der Waals surface area (Å²) in [5.74, 6) is -0.572. The van der Waals surface area contributed by atoms with Crippen LogP contribution in [0.4, 0.5) is 0 Å². The molecule has 2 rings (SSSR count). The van der Waals surface area contributed by atoms with Crippen molar-refractivity contribution in [1.82, 2.24) is 5.32 Å². The molecule has 3 atom stereocenters. The molecule has 0 bridgehead atoms. The average Bonchev–Trinajstić information content (AvgIpc) is 3.06. The summed E-state index contributed by atoms with van der Waals surface area (Å²) in [6.45, 7) is 2.01. The average molecular weight is 282 g/mol. The quantitative estimate of drug-likeness (QED) is 0.872. The van der Waals surface area contributed by atoms with Crippen LogP contribution in [0.15, 0.2) is 24.3 Å². The van der Waals surface area contributed by atoms with Gasteiger partial charge < -0.3 is 10.4 Å². The molecule has 19 heavy (non-hydrogen) atoms. The molecule has 2 N–H and O–H groups in total. The highest BCUT2D eigenvalue weighted by molar-refractivity contribution is 6.30. The molecule has 1 saturated carbocycles. The molecule has 0 radical (unpaired) electrons. The molecule has 0 spiro atoms. The van der Waals surface area contributed by atoms with Crippen molar-refractivity contribution in [3.63, 3.8) is 0 Å². The molecule has 1 fully saturated rings. The van der Waals surface area contributed by atoms with Crippen LogP contribution in [0.5, 0.6) is 0 Å². The summed E-state index contributed by atoms with van der Waals surface area (Å²) >= 11 is 5.80. The smallest absolute Gasteiger partial charge is 0.305 e.